The van der Waals surface area contributed by atoms with Gasteiger partial charge in [-0.05, 0) is 12.1 Å². The third-order valence-electron chi connectivity index (χ3n) is 4.63. The molecule has 0 spiro atoms. The van der Waals surface area contributed by atoms with E-state index in [0.717, 1.165) is 4.90 Å². The summed E-state index contributed by atoms with van der Waals surface area (Å²) >= 11 is 0. The van der Waals surface area contributed by atoms with E-state index in [2.05, 4.69) is 0 Å². The Bertz CT molecular complexity index is 767. The van der Waals surface area contributed by atoms with Gasteiger partial charge in [0, 0.05) is 19.3 Å². The van der Waals surface area contributed by atoms with Crippen LogP contribution >= 0.6 is 0 Å². The van der Waals surface area contributed by atoms with Crippen molar-refractivity contribution in [3.63, 3.8) is 0 Å². The second-order valence-electron chi connectivity index (χ2n) is 6.36. The lowest BCUT2D eigenvalue weighted by molar-refractivity contribution is -0.152. The van der Waals surface area contributed by atoms with Gasteiger partial charge in [-0.15, -0.1) is 0 Å². The van der Waals surface area contributed by atoms with Gasteiger partial charge in [0.05, 0.1) is 13.7 Å². The third kappa shape index (κ3) is 3.91. The largest absolute Gasteiger partial charge is 0.485 e. The number of esters is 1. The maximum absolute atomic E-state index is 13.8. The second kappa shape index (κ2) is 7.73. The Balaban J connectivity index is 1.72. The summed E-state index contributed by atoms with van der Waals surface area (Å²) in [6.45, 7) is -0.416. The molecule has 1 aromatic rings. The molecule has 0 radical (unpaired) electrons. The lowest BCUT2D eigenvalue weighted by Gasteiger charge is -2.24. The van der Waals surface area contributed by atoms with E-state index in [1.807, 2.05) is 0 Å². The molecule has 0 saturated carbocycles. The van der Waals surface area contributed by atoms with Crippen LogP contribution in [0.4, 0.5) is 4.39 Å². The maximum atomic E-state index is 13.8. The zero-order chi connectivity index (χ0) is 19.6. The number of carbonyl (C=O) groups is 4. The van der Waals surface area contributed by atoms with Crippen molar-refractivity contribution in [1.29, 1.82) is 0 Å². The molecule has 8 nitrogen and oxygen atoms in total. The Labute approximate surface area is 154 Å². The average molecular weight is 378 g/mol. The van der Waals surface area contributed by atoms with Gasteiger partial charge in [-0.25, -0.2) is 9.18 Å². The normalized spacial score (nSPS) is 22.3. The number of para-hydroxylation sites is 1. The molecule has 2 fully saturated rings. The van der Waals surface area contributed by atoms with Gasteiger partial charge < -0.3 is 14.4 Å². The van der Waals surface area contributed by atoms with Gasteiger partial charge in [0.2, 0.25) is 17.7 Å². The molecule has 2 atom stereocenters. The molecule has 0 aromatic heterocycles. The maximum Gasteiger partial charge on any atom is 0.328 e. The highest BCUT2D eigenvalue weighted by Crippen LogP contribution is 2.26. The summed E-state index contributed by atoms with van der Waals surface area (Å²) in [6, 6.07) is 4.91. The van der Waals surface area contributed by atoms with E-state index in [4.69, 9.17) is 9.47 Å². The van der Waals surface area contributed by atoms with Crippen molar-refractivity contribution in [3.05, 3.63) is 30.1 Å². The summed E-state index contributed by atoms with van der Waals surface area (Å²) in [7, 11) is 1.20. The van der Waals surface area contributed by atoms with E-state index in [1.54, 1.807) is 6.07 Å². The lowest BCUT2D eigenvalue weighted by Crippen LogP contribution is -2.47. The standard InChI is InChI=1S/C18H19FN2O6/c1-26-18(25)13-8-11(27-14-5-3-2-4-12(14)19)9-20(13)17(24)10-21-15(22)6-7-16(21)23/h2-5,11,13H,6-10H2,1H3. The third-order valence-corrected chi connectivity index (χ3v) is 4.63. The fourth-order valence-electron chi connectivity index (χ4n) is 3.26. The van der Waals surface area contributed by atoms with Crippen LogP contribution in [-0.4, -0.2) is 65.8 Å². The predicted octanol–water partition coefficient (Wildman–Crippen LogP) is 0.496. The average Bonchev–Trinajstić information content (AvgIpc) is 3.21. The van der Waals surface area contributed by atoms with Gasteiger partial charge in [0.25, 0.3) is 0 Å². The van der Waals surface area contributed by atoms with Gasteiger partial charge in [0.1, 0.15) is 18.7 Å². The van der Waals surface area contributed by atoms with E-state index >= 15 is 0 Å². The van der Waals surface area contributed by atoms with E-state index < -0.39 is 48.2 Å². The number of carbonyl (C=O) groups excluding carboxylic acids is 4. The number of hydrogen-bond acceptors (Lipinski definition) is 6. The quantitative estimate of drug-likeness (QED) is 0.547. The topological polar surface area (TPSA) is 93.2 Å². The highest BCUT2D eigenvalue weighted by Gasteiger charge is 2.43. The summed E-state index contributed by atoms with van der Waals surface area (Å²) in [5.41, 5.74) is 0. The molecule has 2 saturated heterocycles. The SMILES string of the molecule is COC(=O)C1CC(Oc2ccccc2F)CN1C(=O)CN1C(=O)CCC1=O. The van der Waals surface area contributed by atoms with Gasteiger partial charge in [-0.3, -0.25) is 19.3 Å². The molecule has 3 amide bonds. The van der Waals surface area contributed by atoms with Gasteiger partial charge in [0.15, 0.2) is 11.6 Å². The highest BCUT2D eigenvalue weighted by atomic mass is 19.1. The molecule has 27 heavy (non-hydrogen) atoms. The van der Waals surface area contributed by atoms with Crippen LogP contribution in [0.5, 0.6) is 5.75 Å². The highest BCUT2D eigenvalue weighted by molar-refractivity contribution is 6.04. The van der Waals surface area contributed by atoms with Crippen molar-refractivity contribution in [3.8, 4) is 5.75 Å². The minimum absolute atomic E-state index is 0.0170. The molecule has 144 valence electrons. The van der Waals surface area contributed by atoms with Crippen LogP contribution in [0.15, 0.2) is 24.3 Å². The zero-order valence-electron chi connectivity index (χ0n) is 14.7. The number of nitrogens with zero attached hydrogens (tertiary/aromatic N) is 2. The summed E-state index contributed by atoms with van der Waals surface area (Å²) in [5.74, 6) is -2.56. The number of halogens is 1. The number of benzene rings is 1. The van der Waals surface area contributed by atoms with Crippen molar-refractivity contribution < 1.29 is 33.0 Å². The first-order valence-electron chi connectivity index (χ1n) is 8.52. The number of methoxy groups -OCH3 is 1. The van der Waals surface area contributed by atoms with E-state index in [-0.39, 0.29) is 31.6 Å². The lowest BCUT2D eigenvalue weighted by atomic mass is 10.2. The molecular weight excluding hydrogens is 359 g/mol. The monoisotopic (exact) mass is 378 g/mol. The smallest absolute Gasteiger partial charge is 0.328 e. The summed E-state index contributed by atoms with van der Waals surface area (Å²) < 4.78 is 24.1. The minimum atomic E-state index is -0.924. The first-order chi connectivity index (χ1) is 12.9. The molecule has 0 N–H and O–H groups in total. The van der Waals surface area contributed by atoms with Crippen LogP contribution in [0.25, 0.3) is 0 Å². The molecule has 0 aliphatic carbocycles. The van der Waals surface area contributed by atoms with Crippen molar-refractivity contribution in [1.82, 2.24) is 9.80 Å². The molecule has 1 aromatic carbocycles. The Morgan fingerprint density at radius 3 is 2.48 bits per heavy atom. The van der Waals surface area contributed by atoms with E-state index in [1.165, 1.54) is 30.2 Å². The molecule has 9 heteroatoms. The summed E-state index contributed by atoms with van der Waals surface area (Å²) in [6.07, 6.45) is -0.355. The predicted molar refractivity (Wildman–Crippen MR) is 88.9 cm³/mol. The van der Waals surface area contributed by atoms with Crippen molar-refractivity contribution in [2.75, 3.05) is 20.2 Å². The summed E-state index contributed by atoms with van der Waals surface area (Å²) in [4.78, 5) is 50.3. The summed E-state index contributed by atoms with van der Waals surface area (Å²) in [5, 5.41) is 0. The van der Waals surface area contributed by atoms with E-state index in [9.17, 15) is 23.6 Å². The number of imide groups is 1. The fraction of sp³-hybridized carbons (Fsp3) is 0.444. The second-order valence-corrected chi connectivity index (χ2v) is 6.36. The van der Waals surface area contributed by atoms with Crippen LogP contribution in [-0.2, 0) is 23.9 Å². The molecule has 3 rings (SSSR count). The number of amides is 3. The van der Waals surface area contributed by atoms with Gasteiger partial charge >= 0.3 is 5.97 Å². The minimum Gasteiger partial charge on any atom is -0.485 e. The first-order valence-corrected chi connectivity index (χ1v) is 8.52. The first kappa shape index (κ1) is 18.8. The Morgan fingerprint density at radius 2 is 1.85 bits per heavy atom. The number of ether oxygens (including phenoxy) is 2. The molecule has 0 bridgehead atoms. The molecule has 2 aliphatic heterocycles. The van der Waals surface area contributed by atoms with Crippen LogP contribution in [0, 0.1) is 5.82 Å². The van der Waals surface area contributed by atoms with Crippen LogP contribution in [0.1, 0.15) is 19.3 Å². The van der Waals surface area contributed by atoms with Gasteiger partial charge in [-0.2, -0.15) is 0 Å². The molecule has 2 heterocycles. The van der Waals surface area contributed by atoms with E-state index in [0.29, 0.717) is 0 Å². The van der Waals surface area contributed by atoms with Crippen LogP contribution in [0.3, 0.4) is 0 Å². The Kier molecular flexibility index (Phi) is 5.38. The zero-order valence-corrected chi connectivity index (χ0v) is 14.7. The Hall–Kier alpha value is -2.97. The van der Waals surface area contributed by atoms with Crippen LogP contribution in [0.2, 0.25) is 0 Å². The molecule has 2 unspecified atom stereocenters. The van der Waals surface area contributed by atoms with Crippen molar-refractivity contribution in [2.24, 2.45) is 0 Å². The number of likely N-dealkylation sites (tertiary alicyclic amines) is 2. The van der Waals surface area contributed by atoms with Crippen molar-refractivity contribution >= 4 is 23.7 Å². The fourth-order valence-corrected chi connectivity index (χ4v) is 3.26. The molecular formula is C18H19FN2O6. The molecule has 2 aliphatic rings. The number of rotatable bonds is 5. The number of hydrogen-bond donors (Lipinski definition) is 0. The Morgan fingerprint density at radius 1 is 1.19 bits per heavy atom. The van der Waals surface area contributed by atoms with Crippen molar-refractivity contribution in [2.45, 2.75) is 31.4 Å². The van der Waals surface area contributed by atoms with Gasteiger partial charge in [-0.1, -0.05) is 12.1 Å². The van der Waals surface area contributed by atoms with Crippen LogP contribution < -0.4 is 4.74 Å².